The molecular weight excluding hydrogens is 382 g/mol. The van der Waals surface area contributed by atoms with E-state index in [2.05, 4.69) is 44.8 Å². The van der Waals surface area contributed by atoms with Gasteiger partial charge < -0.3 is 15.2 Å². The van der Waals surface area contributed by atoms with Crippen molar-refractivity contribution in [3.05, 3.63) is 57.1 Å². The molecule has 0 radical (unpaired) electrons. The van der Waals surface area contributed by atoms with E-state index >= 15 is 0 Å². The van der Waals surface area contributed by atoms with Gasteiger partial charge in [-0.3, -0.25) is 4.99 Å². The predicted octanol–water partition coefficient (Wildman–Crippen LogP) is 3.92. The molecular formula is C19H22ClN5OS. The summed E-state index contributed by atoms with van der Waals surface area (Å²) >= 11 is 7.72. The van der Waals surface area contributed by atoms with Gasteiger partial charge in [0.05, 0.1) is 6.54 Å². The molecule has 27 heavy (non-hydrogen) atoms. The first kappa shape index (κ1) is 19.4. The Balaban J connectivity index is 1.46. The normalized spacial score (nSPS) is 11.6. The van der Waals surface area contributed by atoms with Crippen molar-refractivity contribution in [1.82, 2.24) is 20.8 Å². The Kier molecular flexibility index (Phi) is 6.84. The van der Waals surface area contributed by atoms with Gasteiger partial charge in [-0.15, -0.1) is 11.3 Å². The van der Waals surface area contributed by atoms with E-state index in [0.717, 1.165) is 24.5 Å². The molecule has 0 aliphatic rings. The summed E-state index contributed by atoms with van der Waals surface area (Å²) in [6.45, 7) is 3.57. The van der Waals surface area contributed by atoms with Crippen molar-refractivity contribution >= 4 is 28.9 Å². The molecule has 142 valence electrons. The van der Waals surface area contributed by atoms with Crippen LogP contribution >= 0.6 is 22.9 Å². The van der Waals surface area contributed by atoms with Gasteiger partial charge in [0.25, 0.3) is 0 Å². The topological polar surface area (TPSA) is 75.3 Å². The number of benzene rings is 1. The summed E-state index contributed by atoms with van der Waals surface area (Å²) in [6.07, 6.45) is 1.68. The molecule has 8 heteroatoms. The molecule has 2 heterocycles. The number of guanidine groups is 1. The highest BCUT2D eigenvalue weighted by Gasteiger charge is 2.09. The molecule has 0 saturated heterocycles. The predicted molar refractivity (Wildman–Crippen MR) is 110 cm³/mol. The minimum Gasteiger partial charge on any atom is -0.356 e. The zero-order valence-corrected chi connectivity index (χ0v) is 16.9. The first-order valence-electron chi connectivity index (χ1n) is 8.78. The van der Waals surface area contributed by atoms with Crippen molar-refractivity contribution in [3.63, 3.8) is 0 Å². The van der Waals surface area contributed by atoms with Gasteiger partial charge in [-0.05, 0) is 42.8 Å². The van der Waals surface area contributed by atoms with E-state index in [1.54, 1.807) is 19.2 Å². The fraction of sp³-hybridized carbons (Fsp3) is 0.316. The zero-order chi connectivity index (χ0) is 19.1. The van der Waals surface area contributed by atoms with E-state index in [0.29, 0.717) is 29.7 Å². The Morgan fingerprint density at radius 3 is 2.63 bits per heavy atom. The summed E-state index contributed by atoms with van der Waals surface area (Å²) in [5.74, 6) is 1.89. The zero-order valence-electron chi connectivity index (χ0n) is 15.3. The molecule has 3 rings (SSSR count). The summed E-state index contributed by atoms with van der Waals surface area (Å²) in [4.78, 5) is 11.3. The van der Waals surface area contributed by atoms with Gasteiger partial charge in [0, 0.05) is 40.4 Å². The lowest BCUT2D eigenvalue weighted by molar-refractivity contribution is 0.378. The number of hydrogen-bond acceptors (Lipinski definition) is 5. The number of hydrogen-bond donors (Lipinski definition) is 2. The minimum absolute atomic E-state index is 0.564. The fourth-order valence-electron chi connectivity index (χ4n) is 2.46. The standard InChI is InChI=1S/C19H22ClN5OS/c1-3-15-8-9-16(27-15)12-23-19(21-2)22-11-10-17-24-18(25-26-17)13-4-6-14(20)7-5-13/h4-9H,3,10-12H2,1-2H3,(H2,21,22,23). The van der Waals surface area contributed by atoms with Crippen LogP contribution in [0, 0.1) is 0 Å². The third-order valence-corrected chi connectivity index (χ3v) is 5.40. The summed E-state index contributed by atoms with van der Waals surface area (Å²) in [6, 6.07) is 11.7. The molecule has 1 aromatic carbocycles. The summed E-state index contributed by atoms with van der Waals surface area (Å²) in [5.41, 5.74) is 0.877. The molecule has 0 atom stereocenters. The second-order valence-corrected chi connectivity index (χ2v) is 7.53. The van der Waals surface area contributed by atoms with Crippen LogP contribution in [0.2, 0.25) is 5.02 Å². The quantitative estimate of drug-likeness (QED) is 0.462. The number of nitrogens with zero attached hydrogens (tertiary/aromatic N) is 3. The maximum atomic E-state index is 5.90. The number of aryl methyl sites for hydroxylation is 1. The lowest BCUT2D eigenvalue weighted by Gasteiger charge is -2.10. The molecule has 6 nitrogen and oxygen atoms in total. The Morgan fingerprint density at radius 2 is 1.93 bits per heavy atom. The Hall–Kier alpha value is -2.38. The van der Waals surface area contributed by atoms with E-state index in [1.807, 2.05) is 23.5 Å². The largest absolute Gasteiger partial charge is 0.356 e. The molecule has 0 aliphatic heterocycles. The summed E-state index contributed by atoms with van der Waals surface area (Å²) in [7, 11) is 1.76. The number of aromatic nitrogens is 2. The lowest BCUT2D eigenvalue weighted by Crippen LogP contribution is -2.37. The average Bonchev–Trinajstić information content (AvgIpc) is 3.34. The van der Waals surface area contributed by atoms with Gasteiger partial charge in [0.1, 0.15) is 0 Å². The van der Waals surface area contributed by atoms with Crippen molar-refractivity contribution in [2.45, 2.75) is 26.3 Å². The van der Waals surface area contributed by atoms with Gasteiger partial charge in [-0.1, -0.05) is 23.7 Å². The Labute approximate surface area is 167 Å². The highest BCUT2D eigenvalue weighted by Crippen LogP contribution is 2.19. The highest BCUT2D eigenvalue weighted by molar-refractivity contribution is 7.11. The number of nitrogens with one attached hydrogen (secondary N) is 2. The van der Waals surface area contributed by atoms with Crippen LogP contribution in [0.25, 0.3) is 11.4 Å². The van der Waals surface area contributed by atoms with E-state index in [1.165, 1.54) is 9.75 Å². The number of aliphatic imine (C=N–C) groups is 1. The molecule has 0 fully saturated rings. The average molecular weight is 404 g/mol. The second-order valence-electron chi connectivity index (χ2n) is 5.84. The molecule has 2 N–H and O–H groups in total. The smallest absolute Gasteiger partial charge is 0.228 e. The first-order valence-corrected chi connectivity index (χ1v) is 9.98. The molecule has 0 saturated carbocycles. The van der Waals surface area contributed by atoms with Crippen LogP contribution in [-0.4, -0.2) is 29.7 Å². The SMILES string of the molecule is CCc1ccc(CNC(=NC)NCCc2nc(-c3ccc(Cl)cc3)no2)s1. The second kappa shape index (κ2) is 9.53. The van der Waals surface area contributed by atoms with Gasteiger partial charge in [-0.2, -0.15) is 4.98 Å². The Bertz CT molecular complexity index is 888. The Morgan fingerprint density at radius 1 is 1.15 bits per heavy atom. The van der Waals surface area contributed by atoms with E-state index in [-0.39, 0.29) is 0 Å². The van der Waals surface area contributed by atoms with Crippen LogP contribution in [0.4, 0.5) is 0 Å². The monoisotopic (exact) mass is 403 g/mol. The molecule has 0 amide bonds. The summed E-state index contributed by atoms with van der Waals surface area (Å²) < 4.78 is 5.32. The minimum atomic E-state index is 0.564. The summed E-state index contributed by atoms with van der Waals surface area (Å²) in [5, 5.41) is 11.3. The van der Waals surface area contributed by atoms with Gasteiger partial charge in [0.2, 0.25) is 11.7 Å². The molecule has 2 aromatic heterocycles. The molecule has 0 spiro atoms. The maximum absolute atomic E-state index is 5.90. The van der Waals surface area contributed by atoms with E-state index in [9.17, 15) is 0 Å². The van der Waals surface area contributed by atoms with Crippen LogP contribution in [0.5, 0.6) is 0 Å². The van der Waals surface area contributed by atoms with Gasteiger partial charge in [-0.25, -0.2) is 0 Å². The van der Waals surface area contributed by atoms with Crippen molar-refractivity contribution in [3.8, 4) is 11.4 Å². The number of thiophene rings is 1. The van der Waals surface area contributed by atoms with E-state index in [4.69, 9.17) is 16.1 Å². The fourth-order valence-corrected chi connectivity index (χ4v) is 3.48. The van der Waals surface area contributed by atoms with Crippen LogP contribution in [-0.2, 0) is 19.4 Å². The van der Waals surface area contributed by atoms with Crippen molar-refractivity contribution in [2.75, 3.05) is 13.6 Å². The number of rotatable bonds is 7. The van der Waals surface area contributed by atoms with Crippen LogP contribution in [0.1, 0.15) is 22.6 Å². The van der Waals surface area contributed by atoms with Crippen molar-refractivity contribution in [1.29, 1.82) is 0 Å². The van der Waals surface area contributed by atoms with Crippen molar-refractivity contribution in [2.24, 2.45) is 4.99 Å². The van der Waals surface area contributed by atoms with Gasteiger partial charge in [0.15, 0.2) is 5.96 Å². The lowest BCUT2D eigenvalue weighted by atomic mass is 10.2. The van der Waals surface area contributed by atoms with E-state index < -0.39 is 0 Å². The third kappa shape index (κ3) is 5.55. The molecule has 3 aromatic rings. The molecule has 0 bridgehead atoms. The van der Waals surface area contributed by atoms with Gasteiger partial charge >= 0.3 is 0 Å². The third-order valence-electron chi connectivity index (χ3n) is 3.92. The van der Waals surface area contributed by atoms with Crippen LogP contribution in [0.3, 0.4) is 0 Å². The highest BCUT2D eigenvalue weighted by atomic mass is 35.5. The maximum Gasteiger partial charge on any atom is 0.228 e. The molecule has 0 aliphatic carbocycles. The number of halogens is 1. The first-order chi connectivity index (χ1) is 13.2. The van der Waals surface area contributed by atoms with Crippen LogP contribution in [0.15, 0.2) is 45.9 Å². The molecule has 0 unspecified atom stereocenters. The van der Waals surface area contributed by atoms with Crippen molar-refractivity contribution < 1.29 is 4.52 Å². The van der Waals surface area contributed by atoms with Crippen LogP contribution < -0.4 is 10.6 Å².